The second kappa shape index (κ2) is 6.34. The van der Waals surface area contributed by atoms with Crippen molar-refractivity contribution in [3.05, 3.63) is 70.0 Å². The van der Waals surface area contributed by atoms with Crippen LogP contribution in [0.5, 0.6) is 0 Å². The van der Waals surface area contributed by atoms with Crippen LogP contribution in [0.15, 0.2) is 51.7 Å². The number of hydrogen-bond acceptors (Lipinski definition) is 5. The molecule has 1 fully saturated rings. The third-order valence-corrected chi connectivity index (χ3v) is 5.55. The molecule has 6 nitrogen and oxygen atoms in total. The topological polar surface area (TPSA) is 75.1 Å². The highest BCUT2D eigenvalue weighted by atomic mass is 19.1. The van der Waals surface area contributed by atoms with Gasteiger partial charge in [0.05, 0.1) is 0 Å². The van der Waals surface area contributed by atoms with E-state index in [0.29, 0.717) is 37.0 Å². The van der Waals surface area contributed by atoms with E-state index in [1.807, 2.05) is 15.5 Å². The first-order chi connectivity index (χ1) is 13.6. The fraction of sp³-hybridized carbons (Fsp3) is 0.286. The lowest BCUT2D eigenvalue weighted by molar-refractivity contribution is 0.275. The van der Waals surface area contributed by atoms with Crippen molar-refractivity contribution >= 4 is 5.88 Å². The number of anilines is 1. The van der Waals surface area contributed by atoms with Gasteiger partial charge >= 0.3 is 0 Å². The van der Waals surface area contributed by atoms with Gasteiger partial charge in [-0.3, -0.25) is 4.79 Å². The number of fused-ring (bicyclic) bond motifs is 4. The van der Waals surface area contributed by atoms with Crippen molar-refractivity contribution in [3.8, 4) is 17.5 Å². The molecule has 0 radical (unpaired) electrons. The van der Waals surface area contributed by atoms with Crippen molar-refractivity contribution < 1.29 is 8.81 Å². The molecule has 1 saturated heterocycles. The molecule has 7 heteroatoms. The lowest BCUT2D eigenvalue weighted by Gasteiger charge is -2.42. The minimum Gasteiger partial charge on any atom is -0.419 e. The normalized spacial score (nSPS) is 20.5. The number of nitrogens with zero attached hydrogens (tertiary/aromatic N) is 4. The fourth-order valence-electron chi connectivity index (χ4n) is 4.41. The SMILES string of the molecule is N#Cc1nc(-c2cccc(F)c2)oc1N1CC2CC(C1)c1cccc(=O)n1C2. The van der Waals surface area contributed by atoms with Crippen molar-refractivity contribution in [2.75, 3.05) is 18.0 Å². The Morgan fingerprint density at radius 2 is 2.04 bits per heavy atom. The molecule has 0 spiro atoms. The lowest BCUT2D eigenvalue weighted by Crippen LogP contribution is -2.47. The van der Waals surface area contributed by atoms with Gasteiger partial charge in [-0.15, -0.1) is 0 Å². The van der Waals surface area contributed by atoms with Gasteiger partial charge in [0.25, 0.3) is 5.56 Å². The van der Waals surface area contributed by atoms with Crippen molar-refractivity contribution in [2.45, 2.75) is 18.9 Å². The van der Waals surface area contributed by atoms with E-state index < -0.39 is 0 Å². The summed E-state index contributed by atoms with van der Waals surface area (Å²) in [6.07, 6.45) is 1.01. The van der Waals surface area contributed by atoms with Crippen LogP contribution in [0.1, 0.15) is 23.7 Å². The van der Waals surface area contributed by atoms with E-state index in [-0.39, 0.29) is 28.9 Å². The van der Waals surface area contributed by atoms with Crippen LogP contribution >= 0.6 is 0 Å². The van der Waals surface area contributed by atoms with E-state index in [1.54, 1.807) is 24.3 Å². The molecule has 28 heavy (non-hydrogen) atoms. The molecule has 0 saturated carbocycles. The monoisotopic (exact) mass is 376 g/mol. The number of benzene rings is 1. The molecular formula is C21H17FN4O2. The molecule has 1 aromatic carbocycles. The molecule has 0 amide bonds. The van der Waals surface area contributed by atoms with Crippen LogP contribution in [0, 0.1) is 23.1 Å². The maximum atomic E-state index is 13.6. The third-order valence-electron chi connectivity index (χ3n) is 5.55. The average Bonchev–Trinajstić information content (AvgIpc) is 3.13. The summed E-state index contributed by atoms with van der Waals surface area (Å²) in [5.74, 6) is 0.753. The van der Waals surface area contributed by atoms with Crippen molar-refractivity contribution in [2.24, 2.45) is 5.92 Å². The van der Waals surface area contributed by atoms with Crippen molar-refractivity contribution in [3.63, 3.8) is 0 Å². The molecule has 2 aromatic heterocycles. The Bertz CT molecular complexity index is 1160. The second-order valence-corrected chi connectivity index (χ2v) is 7.40. The first-order valence-corrected chi connectivity index (χ1v) is 9.24. The van der Waals surface area contributed by atoms with E-state index in [9.17, 15) is 14.4 Å². The number of nitriles is 1. The summed E-state index contributed by atoms with van der Waals surface area (Å²) in [6.45, 7) is 1.99. The molecule has 2 aliphatic rings. The number of rotatable bonds is 2. The van der Waals surface area contributed by atoms with E-state index in [1.165, 1.54) is 12.1 Å². The molecular weight excluding hydrogens is 359 g/mol. The first kappa shape index (κ1) is 16.8. The van der Waals surface area contributed by atoms with Gasteiger partial charge in [-0.2, -0.15) is 10.2 Å². The van der Waals surface area contributed by atoms with E-state index in [2.05, 4.69) is 11.1 Å². The van der Waals surface area contributed by atoms with Gasteiger partial charge in [0, 0.05) is 42.9 Å². The molecule has 2 unspecified atom stereocenters. The molecule has 140 valence electrons. The minimum absolute atomic E-state index is 0.0337. The van der Waals surface area contributed by atoms with Crippen LogP contribution in [0.25, 0.3) is 11.5 Å². The van der Waals surface area contributed by atoms with E-state index >= 15 is 0 Å². The van der Waals surface area contributed by atoms with E-state index in [0.717, 1.165) is 12.1 Å². The Hall–Kier alpha value is -3.40. The van der Waals surface area contributed by atoms with Gasteiger partial charge in [0.1, 0.15) is 11.9 Å². The van der Waals surface area contributed by atoms with Crippen molar-refractivity contribution in [1.29, 1.82) is 5.26 Å². The predicted molar refractivity (Wildman–Crippen MR) is 100 cm³/mol. The number of piperidine rings is 1. The van der Waals surface area contributed by atoms with Gasteiger partial charge in [0.2, 0.25) is 17.5 Å². The quantitative estimate of drug-likeness (QED) is 0.687. The number of pyridine rings is 1. The number of aromatic nitrogens is 2. The Balaban J connectivity index is 1.51. The summed E-state index contributed by atoms with van der Waals surface area (Å²) in [4.78, 5) is 18.5. The van der Waals surface area contributed by atoms with Gasteiger partial charge in [0.15, 0.2) is 0 Å². The average molecular weight is 376 g/mol. The molecule has 3 aromatic rings. The number of halogens is 1. The Morgan fingerprint density at radius 3 is 2.86 bits per heavy atom. The van der Waals surface area contributed by atoms with Gasteiger partial charge in [-0.25, -0.2) is 4.39 Å². The van der Waals surface area contributed by atoms with Gasteiger partial charge < -0.3 is 13.9 Å². The second-order valence-electron chi connectivity index (χ2n) is 7.40. The van der Waals surface area contributed by atoms with Crippen LogP contribution in [-0.2, 0) is 6.54 Å². The predicted octanol–water partition coefficient (Wildman–Crippen LogP) is 3.14. The molecule has 5 rings (SSSR count). The summed E-state index contributed by atoms with van der Waals surface area (Å²) in [5, 5.41) is 9.54. The fourth-order valence-corrected chi connectivity index (χ4v) is 4.41. The van der Waals surface area contributed by atoms with Crippen molar-refractivity contribution in [1.82, 2.24) is 9.55 Å². The molecule has 0 aliphatic carbocycles. The first-order valence-electron chi connectivity index (χ1n) is 9.24. The molecule has 0 N–H and O–H groups in total. The largest absolute Gasteiger partial charge is 0.419 e. The highest BCUT2D eigenvalue weighted by molar-refractivity contribution is 5.60. The summed E-state index contributed by atoms with van der Waals surface area (Å²) in [7, 11) is 0. The molecule has 2 atom stereocenters. The highest BCUT2D eigenvalue weighted by Crippen LogP contribution is 2.38. The summed E-state index contributed by atoms with van der Waals surface area (Å²) in [6, 6.07) is 13.5. The Morgan fingerprint density at radius 1 is 1.18 bits per heavy atom. The maximum absolute atomic E-state index is 13.6. The lowest BCUT2D eigenvalue weighted by atomic mass is 9.83. The molecule has 4 heterocycles. The zero-order valence-electron chi connectivity index (χ0n) is 15.0. The number of hydrogen-bond donors (Lipinski definition) is 0. The third kappa shape index (κ3) is 2.69. The van der Waals surface area contributed by atoms with Crippen LogP contribution in [-0.4, -0.2) is 22.6 Å². The zero-order chi connectivity index (χ0) is 19.3. The van der Waals surface area contributed by atoms with E-state index in [4.69, 9.17) is 4.42 Å². The van der Waals surface area contributed by atoms with Crippen LogP contribution in [0.4, 0.5) is 10.3 Å². The zero-order valence-corrected chi connectivity index (χ0v) is 15.0. The van der Waals surface area contributed by atoms with Crippen LogP contribution in [0.3, 0.4) is 0 Å². The Labute approximate surface area is 160 Å². The molecule has 2 aliphatic heterocycles. The van der Waals surface area contributed by atoms with Gasteiger partial charge in [-0.05, 0) is 36.6 Å². The number of oxazole rings is 1. The van der Waals surface area contributed by atoms with Crippen LogP contribution in [0.2, 0.25) is 0 Å². The standard InChI is InChI=1S/C21H17FN4O2/c22-16-4-1-3-14(8-16)20-24-17(9-23)21(28-20)25-10-13-7-15(12-25)18-5-2-6-19(27)26(18)11-13/h1-6,8,13,15H,7,10-12H2. The highest BCUT2D eigenvalue weighted by Gasteiger charge is 2.36. The molecule has 2 bridgehead atoms. The summed E-state index contributed by atoms with van der Waals surface area (Å²) < 4.78 is 21.3. The Kier molecular flexibility index (Phi) is 3.79. The van der Waals surface area contributed by atoms with Gasteiger partial charge in [-0.1, -0.05) is 12.1 Å². The van der Waals surface area contributed by atoms with Crippen LogP contribution < -0.4 is 10.5 Å². The smallest absolute Gasteiger partial charge is 0.250 e. The summed E-state index contributed by atoms with van der Waals surface area (Å²) in [5.41, 5.74) is 1.75. The minimum atomic E-state index is -0.384. The summed E-state index contributed by atoms with van der Waals surface area (Å²) >= 11 is 0. The maximum Gasteiger partial charge on any atom is 0.250 e.